The van der Waals surface area contributed by atoms with Crippen LogP contribution in [0.1, 0.15) is 18.5 Å². The molecule has 0 aromatic heterocycles. The molecule has 1 aromatic carbocycles. The van der Waals surface area contributed by atoms with Crippen molar-refractivity contribution >= 4 is 12.0 Å². The van der Waals surface area contributed by atoms with Crippen molar-refractivity contribution in [3.63, 3.8) is 0 Å². The third-order valence-corrected chi connectivity index (χ3v) is 4.39. The number of hydrogen-bond donors (Lipinski definition) is 3. The third-order valence-electron chi connectivity index (χ3n) is 4.39. The van der Waals surface area contributed by atoms with Crippen LogP contribution in [0.4, 0.5) is 18.0 Å². The predicted molar refractivity (Wildman–Crippen MR) is 91.6 cm³/mol. The van der Waals surface area contributed by atoms with Crippen molar-refractivity contribution in [2.75, 3.05) is 27.9 Å². The molecule has 162 valence electrons. The lowest BCUT2D eigenvalue weighted by atomic mass is 9.81. The number of amides is 2. The molecule has 2 rings (SSSR count). The number of alkyl halides is 3. The second-order valence-corrected chi connectivity index (χ2v) is 6.03. The smallest absolute Gasteiger partial charge is 0.437 e. The average Bonchev–Trinajstić information content (AvgIpc) is 2.65. The molecular formula is C17H21F3N2O7. The monoisotopic (exact) mass is 422 g/mol. The van der Waals surface area contributed by atoms with Gasteiger partial charge < -0.3 is 34.7 Å². The molecule has 1 heterocycles. The number of aliphatic hydroxyl groups is 1. The summed E-state index contributed by atoms with van der Waals surface area (Å²) in [6.07, 6.45) is -5.37. The molecule has 0 saturated carbocycles. The first kappa shape index (κ1) is 22.4. The number of rotatable bonds is 6. The molecule has 9 nitrogen and oxygen atoms in total. The van der Waals surface area contributed by atoms with Crippen LogP contribution in [0.15, 0.2) is 12.1 Å². The first-order valence-electron chi connectivity index (χ1n) is 8.38. The van der Waals surface area contributed by atoms with Gasteiger partial charge in [-0.15, -0.1) is 0 Å². The minimum Gasteiger partial charge on any atom is -0.493 e. The van der Waals surface area contributed by atoms with Gasteiger partial charge in [0.1, 0.15) is 5.92 Å². The van der Waals surface area contributed by atoms with E-state index >= 15 is 0 Å². The highest BCUT2D eigenvalue weighted by molar-refractivity contribution is 5.83. The van der Waals surface area contributed by atoms with Crippen LogP contribution >= 0.6 is 0 Å². The van der Waals surface area contributed by atoms with E-state index in [1.54, 1.807) is 0 Å². The molecule has 1 aromatic rings. The summed E-state index contributed by atoms with van der Waals surface area (Å²) >= 11 is 0. The molecule has 0 spiro atoms. The largest absolute Gasteiger partial charge is 0.493 e. The van der Waals surface area contributed by atoms with E-state index in [0.29, 0.717) is 0 Å². The topological polar surface area (TPSA) is 115 Å². The fourth-order valence-electron chi connectivity index (χ4n) is 3.10. The van der Waals surface area contributed by atoms with E-state index in [-0.39, 0.29) is 29.4 Å². The van der Waals surface area contributed by atoms with Gasteiger partial charge in [0.25, 0.3) is 5.72 Å². The van der Waals surface area contributed by atoms with Gasteiger partial charge in [-0.25, -0.2) is 4.79 Å². The van der Waals surface area contributed by atoms with Crippen molar-refractivity contribution in [2.24, 2.45) is 5.92 Å². The second-order valence-electron chi connectivity index (χ2n) is 6.03. The van der Waals surface area contributed by atoms with Crippen molar-refractivity contribution in [2.45, 2.75) is 24.9 Å². The lowest BCUT2D eigenvalue weighted by Crippen LogP contribution is -2.73. The third kappa shape index (κ3) is 3.97. The van der Waals surface area contributed by atoms with Crippen molar-refractivity contribution < 1.29 is 46.8 Å². The number of nitrogens with one attached hydrogen (secondary N) is 2. The minimum atomic E-state index is -5.37. The van der Waals surface area contributed by atoms with Crippen molar-refractivity contribution in [1.29, 1.82) is 0 Å². The minimum absolute atomic E-state index is 0.00456. The molecular weight excluding hydrogens is 401 g/mol. The van der Waals surface area contributed by atoms with Gasteiger partial charge in [-0.3, -0.25) is 4.79 Å². The van der Waals surface area contributed by atoms with Crippen LogP contribution in [0.25, 0.3) is 0 Å². The van der Waals surface area contributed by atoms with Gasteiger partial charge in [-0.2, -0.15) is 13.2 Å². The Hall–Kier alpha value is -2.89. The van der Waals surface area contributed by atoms with Crippen molar-refractivity contribution in [1.82, 2.24) is 10.6 Å². The fraction of sp³-hybridized carbons (Fsp3) is 0.529. The molecule has 1 aliphatic heterocycles. The van der Waals surface area contributed by atoms with Gasteiger partial charge in [0, 0.05) is 0 Å². The molecule has 0 bridgehead atoms. The van der Waals surface area contributed by atoms with Gasteiger partial charge in [-0.05, 0) is 24.6 Å². The highest BCUT2D eigenvalue weighted by atomic mass is 19.4. The van der Waals surface area contributed by atoms with Gasteiger partial charge in [-0.1, -0.05) is 0 Å². The molecule has 1 fully saturated rings. The average molecular weight is 422 g/mol. The number of urea groups is 1. The van der Waals surface area contributed by atoms with Crippen LogP contribution < -0.4 is 24.8 Å². The predicted octanol–water partition coefficient (Wildman–Crippen LogP) is 1.50. The van der Waals surface area contributed by atoms with E-state index in [0.717, 1.165) is 0 Å². The van der Waals surface area contributed by atoms with E-state index < -0.39 is 35.9 Å². The molecule has 12 heteroatoms. The maximum absolute atomic E-state index is 13.7. The number of hydrogen-bond acceptors (Lipinski definition) is 7. The molecule has 2 amide bonds. The molecule has 3 N–H and O–H groups in total. The fourth-order valence-corrected chi connectivity index (χ4v) is 3.10. The summed E-state index contributed by atoms with van der Waals surface area (Å²) in [6.45, 7) is 1.16. The summed E-state index contributed by atoms with van der Waals surface area (Å²) < 4.78 is 61.3. The summed E-state index contributed by atoms with van der Waals surface area (Å²) in [7, 11) is 3.91. The number of ether oxygens (including phenoxy) is 4. The van der Waals surface area contributed by atoms with Crippen LogP contribution in [-0.2, 0) is 9.53 Å². The molecule has 29 heavy (non-hydrogen) atoms. The van der Waals surface area contributed by atoms with Crippen LogP contribution in [-0.4, -0.2) is 56.9 Å². The normalized spacial score (nSPS) is 24.2. The van der Waals surface area contributed by atoms with Gasteiger partial charge in [0.2, 0.25) is 5.75 Å². The van der Waals surface area contributed by atoms with E-state index in [2.05, 4.69) is 5.32 Å². The van der Waals surface area contributed by atoms with Crippen molar-refractivity contribution in [3.8, 4) is 17.2 Å². The Morgan fingerprint density at radius 2 is 1.72 bits per heavy atom. The van der Waals surface area contributed by atoms with Crippen molar-refractivity contribution in [3.05, 3.63) is 17.7 Å². The molecule has 3 atom stereocenters. The Bertz CT molecular complexity index is 762. The first-order valence-corrected chi connectivity index (χ1v) is 8.38. The molecule has 1 aliphatic rings. The van der Waals surface area contributed by atoms with E-state index in [1.807, 2.05) is 0 Å². The number of benzene rings is 1. The summed E-state index contributed by atoms with van der Waals surface area (Å²) in [5.74, 6) is -3.32. The number of carbonyl (C=O) groups is 2. The summed E-state index contributed by atoms with van der Waals surface area (Å²) in [6, 6.07) is -0.423. The lowest BCUT2D eigenvalue weighted by molar-refractivity contribution is -0.294. The molecule has 0 aliphatic carbocycles. The van der Waals surface area contributed by atoms with Gasteiger partial charge >= 0.3 is 18.2 Å². The number of esters is 1. The molecule has 0 unspecified atom stereocenters. The maximum Gasteiger partial charge on any atom is 0.437 e. The standard InChI is InChI=1S/C17H21F3N2O7/c1-5-29-14(23)11-12(21-15(24)22-16(11,25)17(18,19)20)8-6-9(26-2)13(28-4)10(7-8)27-3/h6-7,11-12,25H,5H2,1-4H3,(H2,21,22,24)/t11-,12-,16+/m1/s1. The van der Waals surface area contributed by atoms with Gasteiger partial charge in [0.15, 0.2) is 11.5 Å². The summed E-state index contributed by atoms with van der Waals surface area (Å²) in [4.78, 5) is 24.4. The zero-order valence-electron chi connectivity index (χ0n) is 16.0. The number of carbonyl (C=O) groups excluding carboxylic acids is 2. The quantitative estimate of drug-likeness (QED) is 0.595. The zero-order chi connectivity index (χ0) is 22.0. The molecule has 1 saturated heterocycles. The first-order chi connectivity index (χ1) is 13.5. The lowest BCUT2D eigenvalue weighted by Gasteiger charge is -2.44. The van der Waals surface area contributed by atoms with Crippen LogP contribution in [0.2, 0.25) is 0 Å². The van der Waals surface area contributed by atoms with E-state index in [1.165, 1.54) is 45.7 Å². The summed E-state index contributed by atoms with van der Waals surface area (Å²) in [5.41, 5.74) is -3.87. The Morgan fingerprint density at radius 3 is 2.14 bits per heavy atom. The number of halogens is 3. The maximum atomic E-state index is 13.7. The van der Waals surface area contributed by atoms with E-state index in [9.17, 15) is 27.9 Å². The Labute approximate surface area is 164 Å². The Balaban J connectivity index is 2.70. The molecule has 0 radical (unpaired) electrons. The Kier molecular flexibility index (Phi) is 6.36. The van der Waals surface area contributed by atoms with Crippen LogP contribution in [0.3, 0.4) is 0 Å². The van der Waals surface area contributed by atoms with E-state index in [4.69, 9.17) is 18.9 Å². The number of methoxy groups -OCH3 is 3. The second kappa shape index (κ2) is 8.23. The zero-order valence-corrected chi connectivity index (χ0v) is 16.0. The highest BCUT2D eigenvalue weighted by Gasteiger charge is 2.67. The summed E-state index contributed by atoms with van der Waals surface area (Å²) in [5, 5.41) is 14.0. The van der Waals surface area contributed by atoms with Crippen LogP contribution in [0.5, 0.6) is 17.2 Å². The highest BCUT2D eigenvalue weighted by Crippen LogP contribution is 2.46. The van der Waals surface area contributed by atoms with Crippen LogP contribution in [0, 0.1) is 5.92 Å². The SMILES string of the molecule is CCOC(=O)[C@H]1[C@@H](c2cc(OC)c(OC)c(OC)c2)NC(=O)N[C@@]1(O)C(F)(F)F. The van der Waals surface area contributed by atoms with Gasteiger partial charge in [0.05, 0.1) is 34.0 Å². The Morgan fingerprint density at radius 1 is 1.17 bits per heavy atom.